The van der Waals surface area contributed by atoms with Crippen LogP contribution in [0.15, 0.2) is 54.2 Å². The van der Waals surface area contributed by atoms with Crippen molar-refractivity contribution in [2.24, 2.45) is 0 Å². The maximum absolute atomic E-state index is 12.3. The highest BCUT2D eigenvalue weighted by molar-refractivity contribution is 7.13. The Bertz CT molecular complexity index is 819. The van der Waals surface area contributed by atoms with Crippen molar-refractivity contribution in [1.82, 2.24) is 20.3 Å². The Hall–Kier alpha value is -2.60. The smallest absolute Gasteiger partial charge is 0.271 e. The lowest BCUT2D eigenvalue weighted by molar-refractivity contribution is 0.0946. The Labute approximate surface area is 137 Å². The summed E-state index contributed by atoms with van der Waals surface area (Å²) in [5.74, 6) is 0.827. The summed E-state index contributed by atoms with van der Waals surface area (Å²) in [5.41, 5.74) is 1.70. The highest BCUT2D eigenvalue weighted by atomic mass is 32.1. The topological polar surface area (TPSA) is 67.8 Å². The monoisotopic (exact) mass is 322 g/mol. The van der Waals surface area contributed by atoms with Crippen LogP contribution in [0.1, 0.15) is 28.4 Å². The van der Waals surface area contributed by atoms with Crippen LogP contribution in [-0.4, -0.2) is 26.9 Å². The van der Waals surface area contributed by atoms with Crippen molar-refractivity contribution in [2.45, 2.75) is 18.4 Å². The molecule has 5 nitrogen and oxygen atoms in total. The first-order valence-electron chi connectivity index (χ1n) is 7.40. The molecule has 2 atom stereocenters. The number of carbonyl (C=O) groups excluding carboxylic acids is 1. The van der Waals surface area contributed by atoms with E-state index in [1.165, 1.54) is 16.9 Å². The molecule has 1 saturated carbocycles. The third kappa shape index (κ3) is 2.98. The average molecular weight is 322 g/mol. The zero-order valence-electron chi connectivity index (χ0n) is 12.2. The largest absolute Gasteiger partial charge is 0.347 e. The standard InChI is InChI=1S/C17H14N4OS/c22-16(20-13-9-12(13)11-5-2-1-3-6-11)14-10-23-17(21-14)15-18-7-4-8-19-15/h1-8,10,12-13H,9H2,(H,20,22)/t12-,13-/m1/s1. The molecule has 0 aliphatic heterocycles. The SMILES string of the molecule is O=C(N[C@@H]1C[C@@H]1c1ccccc1)c1csc(-c2ncccn2)n1. The third-order valence-corrected chi connectivity index (χ3v) is 4.67. The predicted octanol–water partition coefficient (Wildman–Crippen LogP) is 2.89. The number of aromatic nitrogens is 3. The fourth-order valence-electron chi connectivity index (χ4n) is 2.56. The minimum Gasteiger partial charge on any atom is -0.347 e. The van der Waals surface area contributed by atoms with Crippen LogP contribution in [0.25, 0.3) is 10.8 Å². The molecule has 4 rings (SSSR count). The van der Waals surface area contributed by atoms with Gasteiger partial charge in [-0.3, -0.25) is 4.79 Å². The van der Waals surface area contributed by atoms with E-state index in [2.05, 4.69) is 32.4 Å². The molecule has 1 aromatic carbocycles. The van der Waals surface area contributed by atoms with Gasteiger partial charge in [-0.2, -0.15) is 0 Å². The number of nitrogens with one attached hydrogen (secondary N) is 1. The van der Waals surface area contributed by atoms with Gasteiger partial charge in [0.05, 0.1) is 0 Å². The van der Waals surface area contributed by atoms with Crippen LogP contribution in [0.2, 0.25) is 0 Å². The maximum Gasteiger partial charge on any atom is 0.271 e. The number of hydrogen-bond donors (Lipinski definition) is 1. The number of rotatable bonds is 4. The lowest BCUT2D eigenvalue weighted by Crippen LogP contribution is -2.26. The predicted molar refractivity (Wildman–Crippen MR) is 88.2 cm³/mol. The Kier molecular flexibility index (Phi) is 3.59. The second-order valence-electron chi connectivity index (χ2n) is 5.44. The Morgan fingerprint density at radius 3 is 2.70 bits per heavy atom. The number of nitrogens with zero attached hydrogens (tertiary/aromatic N) is 3. The summed E-state index contributed by atoms with van der Waals surface area (Å²) in [6, 6.07) is 12.2. The van der Waals surface area contributed by atoms with Gasteiger partial charge in [0.2, 0.25) is 0 Å². The minimum absolute atomic E-state index is 0.133. The molecular weight excluding hydrogens is 308 g/mol. The van der Waals surface area contributed by atoms with Gasteiger partial charge in [0.1, 0.15) is 5.69 Å². The van der Waals surface area contributed by atoms with Crippen molar-refractivity contribution in [3.63, 3.8) is 0 Å². The van der Waals surface area contributed by atoms with Crippen molar-refractivity contribution in [3.8, 4) is 10.8 Å². The number of hydrogen-bond acceptors (Lipinski definition) is 5. The van der Waals surface area contributed by atoms with E-state index < -0.39 is 0 Å². The first kappa shape index (κ1) is 14.0. The second kappa shape index (κ2) is 5.89. The number of benzene rings is 1. The van der Waals surface area contributed by atoms with Crippen molar-refractivity contribution in [3.05, 3.63) is 65.4 Å². The van der Waals surface area contributed by atoms with E-state index in [0.717, 1.165) is 6.42 Å². The zero-order chi connectivity index (χ0) is 15.6. The van der Waals surface area contributed by atoms with Crippen LogP contribution < -0.4 is 5.32 Å². The molecule has 1 N–H and O–H groups in total. The molecule has 1 amide bonds. The summed E-state index contributed by atoms with van der Waals surface area (Å²) >= 11 is 1.38. The first-order chi connectivity index (χ1) is 11.3. The maximum atomic E-state index is 12.3. The van der Waals surface area contributed by atoms with E-state index in [1.54, 1.807) is 23.8 Å². The summed E-state index contributed by atoms with van der Waals surface area (Å²) in [5, 5.41) is 5.46. The van der Waals surface area contributed by atoms with Crippen LogP contribution >= 0.6 is 11.3 Å². The number of amides is 1. The quantitative estimate of drug-likeness (QED) is 0.802. The molecule has 2 heterocycles. The minimum atomic E-state index is -0.133. The molecule has 0 saturated heterocycles. The second-order valence-corrected chi connectivity index (χ2v) is 6.30. The van der Waals surface area contributed by atoms with Crippen molar-refractivity contribution in [2.75, 3.05) is 0 Å². The molecule has 1 aliphatic rings. The van der Waals surface area contributed by atoms with Gasteiger partial charge in [0.25, 0.3) is 5.91 Å². The molecule has 23 heavy (non-hydrogen) atoms. The van der Waals surface area contributed by atoms with Crippen molar-refractivity contribution in [1.29, 1.82) is 0 Å². The van der Waals surface area contributed by atoms with E-state index in [-0.39, 0.29) is 11.9 Å². The van der Waals surface area contributed by atoms with Crippen LogP contribution in [0.3, 0.4) is 0 Å². The molecule has 114 valence electrons. The van der Waals surface area contributed by atoms with Crippen molar-refractivity contribution >= 4 is 17.2 Å². The van der Waals surface area contributed by atoms with E-state index in [9.17, 15) is 4.79 Å². The normalized spacial score (nSPS) is 19.3. The van der Waals surface area contributed by atoms with Crippen LogP contribution in [-0.2, 0) is 0 Å². The fourth-order valence-corrected chi connectivity index (χ4v) is 3.30. The molecule has 2 aromatic heterocycles. The van der Waals surface area contributed by atoms with Crippen molar-refractivity contribution < 1.29 is 4.79 Å². The van der Waals surface area contributed by atoms with E-state index in [4.69, 9.17) is 0 Å². The lowest BCUT2D eigenvalue weighted by atomic mass is 10.1. The van der Waals surface area contributed by atoms with Gasteiger partial charge in [-0.1, -0.05) is 30.3 Å². The molecule has 3 aromatic rings. The van der Waals surface area contributed by atoms with E-state index >= 15 is 0 Å². The fraction of sp³-hybridized carbons (Fsp3) is 0.176. The lowest BCUT2D eigenvalue weighted by Gasteiger charge is -2.02. The van der Waals surface area contributed by atoms with E-state index in [1.807, 2.05) is 18.2 Å². The van der Waals surface area contributed by atoms with Gasteiger partial charge in [-0.15, -0.1) is 11.3 Å². The summed E-state index contributed by atoms with van der Waals surface area (Å²) < 4.78 is 0. The highest BCUT2D eigenvalue weighted by Gasteiger charge is 2.39. The van der Waals surface area contributed by atoms with E-state index in [0.29, 0.717) is 22.4 Å². The van der Waals surface area contributed by atoms with Gasteiger partial charge in [0, 0.05) is 29.7 Å². The molecule has 0 radical (unpaired) electrons. The summed E-state index contributed by atoms with van der Waals surface area (Å²) in [4.78, 5) is 25.0. The average Bonchev–Trinajstić information content (AvgIpc) is 3.19. The summed E-state index contributed by atoms with van der Waals surface area (Å²) in [6.45, 7) is 0. The molecule has 0 bridgehead atoms. The van der Waals surface area contributed by atoms with Crippen LogP contribution in [0, 0.1) is 0 Å². The summed E-state index contributed by atoms with van der Waals surface area (Å²) in [7, 11) is 0. The summed E-state index contributed by atoms with van der Waals surface area (Å²) in [6.07, 6.45) is 4.31. The third-order valence-electron chi connectivity index (χ3n) is 3.83. The molecule has 1 fully saturated rings. The molecule has 6 heteroatoms. The van der Waals surface area contributed by atoms with Gasteiger partial charge < -0.3 is 5.32 Å². The van der Waals surface area contributed by atoms with Crippen LogP contribution in [0.4, 0.5) is 0 Å². The van der Waals surface area contributed by atoms with Gasteiger partial charge in [0.15, 0.2) is 10.8 Å². The van der Waals surface area contributed by atoms with Gasteiger partial charge in [-0.05, 0) is 18.1 Å². The zero-order valence-corrected chi connectivity index (χ0v) is 13.0. The molecule has 1 aliphatic carbocycles. The van der Waals surface area contributed by atoms with Gasteiger partial charge in [-0.25, -0.2) is 15.0 Å². The Morgan fingerprint density at radius 1 is 1.13 bits per heavy atom. The number of carbonyl (C=O) groups is 1. The van der Waals surface area contributed by atoms with Gasteiger partial charge >= 0.3 is 0 Å². The molecule has 0 unspecified atom stereocenters. The highest BCUT2D eigenvalue weighted by Crippen LogP contribution is 2.40. The number of thiazole rings is 1. The molecule has 0 spiro atoms. The Morgan fingerprint density at radius 2 is 1.91 bits per heavy atom. The molecular formula is C17H14N4OS. The van der Waals surface area contributed by atoms with Crippen LogP contribution in [0.5, 0.6) is 0 Å². The Balaban J connectivity index is 1.42. The first-order valence-corrected chi connectivity index (χ1v) is 8.28.